The molecule has 0 aliphatic rings. The summed E-state index contributed by atoms with van der Waals surface area (Å²) in [5, 5.41) is 0. The summed E-state index contributed by atoms with van der Waals surface area (Å²) in [5.41, 5.74) is -2.24. The molecule has 0 aliphatic carbocycles. The number of unbranched alkanes of at least 4 members (excludes halogenated alkanes) is 4. The highest BCUT2D eigenvalue weighted by molar-refractivity contribution is 8.60. The maximum absolute atomic E-state index is 5.49. The summed E-state index contributed by atoms with van der Waals surface area (Å²) in [7, 11) is 0. The van der Waals surface area contributed by atoms with Gasteiger partial charge in [-0.3, -0.25) is 0 Å². The molecule has 0 spiro atoms. The van der Waals surface area contributed by atoms with E-state index >= 15 is 0 Å². The Morgan fingerprint density at radius 2 is 1.47 bits per heavy atom. The quantitative estimate of drug-likeness (QED) is 0.357. The lowest BCUT2D eigenvalue weighted by Crippen LogP contribution is -1.95. The standard InChI is InChI=1S/C10H23O2PS2/c1-3-5-7-8-10-12-13(14,15)11-9-6-4-2/h3-10H2,1-2H3,(H,14,15). The van der Waals surface area contributed by atoms with Crippen LogP contribution in [0.1, 0.15) is 52.4 Å². The molecular weight excluding hydrogens is 247 g/mol. The van der Waals surface area contributed by atoms with Gasteiger partial charge in [-0.25, -0.2) is 0 Å². The third-order valence-corrected chi connectivity index (χ3v) is 4.35. The molecule has 0 aliphatic heterocycles. The topological polar surface area (TPSA) is 18.5 Å². The van der Waals surface area contributed by atoms with Crippen molar-refractivity contribution >= 4 is 29.7 Å². The highest BCUT2D eigenvalue weighted by Gasteiger charge is 2.11. The van der Waals surface area contributed by atoms with Gasteiger partial charge in [-0.1, -0.05) is 51.8 Å². The number of thiol groups is 1. The Morgan fingerprint density at radius 1 is 0.933 bits per heavy atom. The van der Waals surface area contributed by atoms with Crippen molar-refractivity contribution in [3.8, 4) is 0 Å². The van der Waals surface area contributed by atoms with Crippen molar-refractivity contribution in [2.45, 2.75) is 52.4 Å². The summed E-state index contributed by atoms with van der Waals surface area (Å²) in [6, 6.07) is 0. The van der Waals surface area contributed by atoms with Crippen molar-refractivity contribution in [1.29, 1.82) is 0 Å². The van der Waals surface area contributed by atoms with Gasteiger partial charge in [0.05, 0.1) is 13.2 Å². The van der Waals surface area contributed by atoms with Crippen LogP contribution in [-0.4, -0.2) is 13.2 Å². The fourth-order valence-corrected chi connectivity index (χ4v) is 2.80. The predicted octanol–water partition coefficient (Wildman–Crippen LogP) is 4.55. The molecule has 0 aromatic rings. The van der Waals surface area contributed by atoms with Gasteiger partial charge in [0.25, 0.3) is 0 Å². The Kier molecular flexibility index (Phi) is 10.7. The largest absolute Gasteiger partial charge is 0.322 e. The minimum Gasteiger partial charge on any atom is -0.322 e. The van der Waals surface area contributed by atoms with Crippen LogP contribution in [0, 0.1) is 0 Å². The van der Waals surface area contributed by atoms with Gasteiger partial charge >= 0.3 is 0 Å². The van der Waals surface area contributed by atoms with Gasteiger partial charge < -0.3 is 9.05 Å². The van der Waals surface area contributed by atoms with Gasteiger partial charge in [0, 0.05) is 0 Å². The molecule has 0 aromatic carbocycles. The van der Waals surface area contributed by atoms with Crippen molar-refractivity contribution in [1.82, 2.24) is 0 Å². The highest BCUT2D eigenvalue weighted by atomic mass is 32.9. The second kappa shape index (κ2) is 10.1. The first-order valence-corrected chi connectivity index (χ1v) is 9.53. The molecule has 0 aromatic heterocycles. The number of rotatable bonds is 10. The first kappa shape index (κ1) is 15.9. The monoisotopic (exact) mass is 270 g/mol. The maximum Gasteiger partial charge on any atom is 0.244 e. The molecule has 0 amide bonds. The lowest BCUT2D eigenvalue weighted by Gasteiger charge is -2.16. The van der Waals surface area contributed by atoms with E-state index < -0.39 is 5.69 Å². The second-order valence-electron chi connectivity index (χ2n) is 3.55. The number of hydrogen-bond acceptors (Lipinski definition) is 3. The lowest BCUT2D eigenvalue weighted by atomic mass is 10.2. The Labute approximate surface area is 104 Å². The molecular formula is C10H23O2PS2. The fraction of sp³-hybridized carbons (Fsp3) is 1.00. The van der Waals surface area contributed by atoms with Crippen molar-refractivity contribution in [3.05, 3.63) is 0 Å². The van der Waals surface area contributed by atoms with Crippen LogP contribution in [0.25, 0.3) is 0 Å². The lowest BCUT2D eigenvalue weighted by molar-refractivity contribution is 0.252. The van der Waals surface area contributed by atoms with Gasteiger partial charge in [0.1, 0.15) is 0 Å². The average molecular weight is 270 g/mol. The third kappa shape index (κ3) is 11.2. The number of hydrogen-bond donors (Lipinski definition) is 1. The predicted molar refractivity (Wildman–Crippen MR) is 74.2 cm³/mol. The normalized spacial score (nSPS) is 15.1. The molecule has 0 fully saturated rings. The molecule has 0 bridgehead atoms. The molecule has 0 saturated carbocycles. The fourth-order valence-electron chi connectivity index (χ4n) is 1.07. The smallest absolute Gasteiger partial charge is 0.244 e. The van der Waals surface area contributed by atoms with Crippen LogP contribution >= 0.6 is 17.9 Å². The van der Waals surface area contributed by atoms with Gasteiger partial charge in [-0.05, 0) is 24.6 Å². The van der Waals surface area contributed by atoms with E-state index in [0.717, 1.165) is 19.3 Å². The van der Waals surface area contributed by atoms with E-state index in [1.165, 1.54) is 19.3 Å². The first-order valence-electron chi connectivity index (χ1n) is 5.74. The van der Waals surface area contributed by atoms with Crippen LogP contribution in [0.4, 0.5) is 0 Å². The van der Waals surface area contributed by atoms with Crippen LogP contribution in [-0.2, 0) is 20.9 Å². The SMILES string of the molecule is CCCCCCOP(=S)(S)OCCCC. The molecule has 92 valence electrons. The minimum atomic E-state index is -2.24. The van der Waals surface area contributed by atoms with Gasteiger partial charge in [-0.15, -0.1) is 0 Å². The Bertz CT molecular complexity index is 188. The average Bonchev–Trinajstić information content (AvgIpc) is 2.17. The third-order valence-electron chi connectivity index (χ3n) is 2.00. The van der Waals surface area contributed by atoms with E-state index in [0.29, 0.717) is 13.2 Å². The summed E-state index contributed by atoms with van der Waals surface area (Å²) in [4.78, 5) is 0. The van der Waals surface area contributed by atoms with Crippen molar-refractivity contribution in [2.24, 2.45) is 0 Å². The molecule has 0 heterocycles. The zero-order chi connectivity index (χ0) is 11.6. The van der Waals surface area contributed by atoms with Crippen molar-refractivity contribution in [2.75, 3.05) is 13.2 Å². The summed E-state index contributed by atoms with van der Waals surface area (Å²) in [6.45, 7) is 5.67. The maximum atomic E-state index is 5.49. The van der Waals surface area contributed by atoms with E-state index in [1.807, 2.05) is 0 Å². The molecule has 1 unspecified atom stereocenters. The van der Waals surface area contributed by atoms with E-state index in [4.69, 9.17) is 20.9 Å². The molecule has 0 rings (SSSR count). The zero-order valence-corrected chi connectivity index (χ0v) is 12.4. The Morgan fingerprint density at radius 3 is 2.00 bits per heavy atom. The molecule has 15 heavy (non-hydrogen) atoms. The van der Waals surface area contributed by atoms with E-state index in [-0.39, 0.29) is 0 Å². The Hall–Kier alpha value is 0.920. The summed E-state index contributed by atoms with van der Waals surface area (Å²) in [6.07, 6.45) is 6.90. The molecule has 2 nitrogen and oxygen atoms in total. The minimum absolute atomic E-state index is 0.673. The van der Waals surface area contributed by atoms with Gasteiger partial charge in [-0.2, -0.15) is 0 Å². The highest BCUT2D eigenvalue weighted by Crippen LogP contribution is 2.53. The van der Waals surface area contributed by atoms with E-state index in [2.05, 4.69) is 26.1 Å². The first-order chi connectivity index (χ1) is 7.12. The summed E-state index contributed by atoms with van der Waals surface area (Å²) in [5.74, 6) is 0. The summed E-state index contributed by atoms with van der Waals surface area (Å²) < 4.78 is 10.9. The van der Waals surface area contributed by atoms with Gasteiger partial charge in [0.15, 0.2) is 0 Å². The van der Waals surface area contributed by atoms with Crippen LogP contribution in [0.2, 0.25) is 0 Å². The van der Waals surface area contributed by atoms with Gasteiger partial charge in [0.2, 0.25) is 5.69 Å². The van der Waals surface area contributed by atoms with Crippen molar-refractivity contribution in [3.63, 3.8) is 0 Å². The second-order valence-corrected chi connectivity index (χ2v) is 8.84. The van der Waals surface area contributed by atoms with Crippen LogP contribution < -0.4 is 0 Å². The van der Waals surface area contributed by atoms with Crippen molar-refractivity contribution < 1.29 is 9.05 Å². The van der Waals surface area contributed by atoms with E-state index in [9.17, 15) is 0 Å². The summed E-state index contributed by atoms with van der Waals surface area (Å²) >= 11 is 9.43. The van der Waals surface area contributed by atoms with Crippen LogP contribution in [0.15, 0.2) is 0 Å². The Balaban J connectivity index is 3.43. The molecule has 0 saturated heterocycles. The van der Waals surface area contributed by atoms with Crippen LogP contribution in [0.3, 0.4) is 0 Å². The molecule has 1 atom stereocenters. The molecule has 5 heteroatoms. The van der Waals surface area contributed by atoms with E-state index in [1.54, 1.807) is 0 Å². The molecule has 0 N–H and O–H groups in total. The zero-order valence-electron chi connectivity index (χ0n) is 9.78. The van der Waals surface area contributed by atoms with Crippen LogP contribution in [0.5, 0.6) is 0 Å². The molecule has 0 radical (unpaired) electrons.